The molecule has 1 amide bonds. The van der Waals surface area contributed by atoms with Gasteiger partial charge in [0.2, 0.25) is 5.91 Å². The molecule has 0 aromatic rings. The van der Waals surface area contributed by atoms with Crippen molar-refractivity contribution < 1.29 is 4.79 Å². The number of hydrogen-bond acceptors (Lipinski definition) is 3. The van der Waals surface area contributed by atoms with Crippen LogP contribution in [0.3, 0.4) is 0 Å². The van der Waals surface area contributed by atoms with Gasteiger partial charge in [-0.1, -0.05) is 24.0 Å². The summed E-state index contributed by atoms with van der Waals surface area (Å²) >= 11 is 6.08. The molecule has 1 unspecified atom stereocenters. The lowest BCUT2D eigenvalue weighted by Gasteiger charge is -1.92. The molecule has 0 aliphatic carbocycles. The molecule has 60 valence electrons. The van der Waals surface area contributed by atoms with Gasteiger partial charge in [-0.05, 0) is 6.92 Å². The first-order chi connectivity index (χ1) is 5.09. The molecule has 0 bridgehead atoms. The summed E-state index contributed by atoms with van der Waals surface area (Å²) in [6, 6.07) is 0. The number of thioether (sulfide) groups is 1. The molecule has 3 N–H and O–H groups in total. The molecule has 0 spiro atoms. The van der Waals surface area contributed by atoms with Crippen molar-refractivity contribution in [3.8, 4) is 0 Å². The van der Waals surface area contributed by atoms with Crippen LogP contribution in [-0.4, -0.2) is 16.1 Å². The van der Waals surface area contributed by atoms with Crippen LogP contribution in [0.1, 0.15) is 6.92 Å². The Hall–Kier alpha value is -0.550. The standard InChI is InChI=1S/C6H8N2OS2/c1-3-6(9)8-5(11-3)2-4(7)10/h2-3H,1H3,(H2,7,10)(H,8,9)/b5-2+. The van der Waals surface area contributed by atoms with Gasteiger partial charge in [0.15, 0.2) is 0 Å². The summed E-state index contributed by atoms with van der Waals surface area (Å²) in [6.07, 6.45) is 1.58. The highest BCUT2D eigenvalue weighted by molar-refractivity contribution is 8.04. The third kappa shape index (κ3) is 2.20. The van der Waals surface area contributed by atoms with E-state index in [9.17, 15) is 4.79 Å². The second-order valence-corrected chi connectivity index (χ2v) is 4.01. The molecular formula is C6H8N2OS2. The Morgan fingerprint density at radius 1 is 1.91 bits per heavy atom. The Balaban J connectivity index is 2.67. The van der Waals surface area contributed by atoms with Gasteiger partial charge in [-0.2, -0.15) is 0 Å². The Morgan fingerprint density at radius 3 is 2.91 bits per heavy atom. The van der Waals surface area contributed by atoms with Crippen molar-refractivity contribution >= 4 is 34.9 Å². The summed E-state index contributed by atoms with van der Waals surface area (Å²) in [5.74, 6) is 0.0116. The van der Waals surface area contributed by atoms with Crippen LogP contribution in [0.5, 0.6) is 0 Å². The summed E-state index contributed by atoms with van der Waals surface area (Å²) in [5, 5.41) is 3.37. The molecule has 5 heteroatoms. The van der Waals surface area contributed by atoms with Gasteiger partial charge in [-0.3, -0.25) is 4.79 Å². The molecule has 1 aliphatic heterocycles. The molecule has 1 rings (SSSR count). The summed E-state index contributed by atoms with van der Waals surface area (Å²) < 4.78 is 0. The minimum Gasteiger partial charge on any atom is -0.390 e. The molecule has 0 aromatic heterocycles. The Morgan fingerprint density at radius 2 is 2.55 bits per heavy atom. The van der Waals surface area contributed by atoms with E-state index in [1.165, 1.54) is 11.8 Å². The van der Waals surface area contributed by atoms with E-state index in [1.54, 1.807) is 6.08 Å². The predicted molar refractivity (Wildman–Crippen MR) is 50.1 cm³/mol. The van der Waals surface area contributed by atoms with Crippen molar-refractivity contribution in [2.24, 2.45) is 5.73 Å². The highest BCUT2D eigenvalue weighted by Gasteiger charge is 2.23. The van der Waals surface area contributed by atoms with Crippen LogP contribution >= 0.6 is 24.0 Å². The zero-order valence-electron chi connectivity index (χ0n) is 5.96. The quantitative estimate of drug-likeness (QED) is 0.461. The second kappa shape index (κ2) is 3.23. The fourth-order valence-electron chi connectivity index (χ4n) is 0.696. The van der Waals surface area contributed by atoms with E-state index in [-0.39, 0.29) is 11.2 Å². The van der Waals surface area contributed by atoms with E-state index in [0.29, 0.717) is 4.99 Å². The average molecular weight is 188 g/mol. The van der Waals surface area contributed by atoms with E-state index in [1.807, 2.05) is 6.92 Å². The van der Waals surface area contributed by atoms with Crippen molar-refractivity contribution in [1.82, 2.24) is 5.32 Å². The summed E-state index contributed by atoms with van der Waals surface area (Å²) in [6.45, 7) is 1.83. The number of amides is 1. The maximum Gasteiger partial charge on any atom is 0.238 e. The van der Waals surface area contributed by atoms with Crippen LogP contribution in [0, 0.1) is 0 Å². The zero-order valence-corrected chi connectivity index (χ0v) is 7.59. The number of rotatable bonds is 1. The summed E-state index contributed by atoms with van der Waals surface area (Å²) in [4.78, 5) is 11.2. The first-order valence-corrected chi connectivity index (χ1v) is 4.37. The molecule has 1 heterocycles. The number of nitrogens with one attached hydrogen (secondary N) is 1. The Kier molecular flexibility index (Phi) is 2.51. The monoisotopic (exact) mass is 188 g/mol. The number of hydrogen-bond donors (Lipinski definition) is 2. The lowest BCUT2D eigenvalue weighted by atomic mass is 10.4. The first-order valence-electron chi connectivity index (χ1n) is 3.08. The van der Waals surface area contributed by atoms with Crippen molar-refractivity contribution in [3.63, 3.8) is 0 Å². The fourth-order valence-corrected chi connectivity index (χ4v) is 1.79. The average Bonchev–Trinajstić information content (AvgIpc) is 2.10. The highest BCUT2D eigenvalue weighted by Crippen LogP contribution is 2.25. The highest BCUT2D eigenvalue weighted by atomic mass is 32.2. The van der Waals surface area contributed by atoms with Crippen molar-refractivity contribution in [1.29, 1.82) is 0 Å². The zero-order chi connectivity index (χ0) is 8.43. The third-order valence-corrected chi connectivity index (χ3v) is 2.35. The molecule has 1 saturated heterocycles. The molecule has 1 fully saturated rings. The maximum atomic E-state index is 10.9. The molecule has 0 saturated carbocycles. The summed E-state index contributed by atoms with van der Waals surface area (Å²) in [7, 11) is 0. The lowest BCUT2D eigenvalue weighted by Crippen LogP contribution is -2.20. The van der Waals surface area contributed by atoms with Gasteiger partial charge >= 0.3 is 0 Å². The number of carbonyl (C=O) groups excluding carboxylic acids is 1. The lowest BCUT2D eigenvalue weighted by molar-refractivity contribution is -0.118. The van der Waals surface area contributed by atoms with Crippen LogP contribution in [0.4, 0.5) is 0 Å². The largest absolute Gasteiger partial charge is 0.390 e. The van der Waals surface area contributed by atoms with Crippen molar-refractivity contribution in [2.75, 3.05) is 0 Å². The third-order valence-electron chi connectivity index (χ3n) is 1.19. The van der Waals surface area contributed by atoms with Crippen LogP contribution in [0.25, 0.3) is 0 Å². The van der Waals surface area contributed by atoms with Gasteiger partial charge in [0.25, 0.3) is 0 Å². The first kappa shape index (κ1) is 8.55. The van der Waals surface area contributed by atoms with Gasteiger partial charge < -0.3 is 11.1 Å². The second-order valence-electron chi connectivity index (χ2n) is 2.16. The van der Waals surface area contributed by atoms with E-state index in [4.69, 9.17) is 5.73 Å². The number of thiocarbonyl (C=S) groups is 1. The van der Waals surface area contributed by atoms with E-state index >= 15 is 0 Å². The van der Waals surface area contributed by atoms with E-state index in [0.717, 1.165) is 5.03 Å². The van der Waals surface area contributed by atoms with Gasteiger partial charge in [0, 0.05) is 6.08 Å². The molecule has 1 aliphatic rings. The number of nitrogens with two attached hydrogens (primary N) is 1. The van der Waals surface area contributed by atoms with Gasteiger partial charge in [0.05, 0.1) is 15.3 Å². The SMILES string of the molecule is CC1S/C(=C/C(N)=S)NC1=O. The molecule has 3 nitrogen and oxygen atoms in total. The van der Waals surface area contributed by atoms with Crippen LogP contribution in [-0.2, 0) is 4.79 Å². The molecule has 11 heavy (non-hydrogen) atoms. The molecular weight excluding hydrogens is 180 g/mol. The van der Waals surface area contributed by atoms with E-state index < -0.39 is 0 Å². The van der Waals surface area contributed by atoms with Crippen LogP contribution in [0.15, 0.2) is 11.1 Å². The van der Waals surface area contributed by atoms with Crippen LogP contribution in [0.2, 0.25) is 0 Å². The van der Waals surface area contributed by atoms with Gasteiger partial charge in [-0.25, -0.2) is 0 Å². The van der Waals surface area contributed by atoms with Gasteiger partial charge in [0.1, 0.15) is 0 Å². The summed E-state index contributed by atoms with van der Waals surface area (Å²) in [5.41, 5.74) is 5.25. The Labute approximate surface area is 74.4 Å². The topological polar surface area (TPSA) is 55.1 Å². The Bertz CT molecular complexity index is 237. The van der Waals surface area contributed by atoms with Crippen molar-refractivity contribution in [2.45, 2.75) is 12.2 Å². The van der Waals surface area contributed by atoms with E-state index in [2.05, 4.69) is 17.5 Å². The van der Waals surface area contributed by atoms with Gasteiger partial charge in [-0.15, -0.1) is 0 Å². The fraction of sp³-hybridized carbons (Fsp3) is 0.333. The normalized spacial score (nSPS) is 27.2. The number of carbonyl (C=O) groups is 1. The van der Waals surface area contributed by atoms with Crippen molar-refractivity contribution in [3.05, 3.63) is 11.1 Å². The molecule has 0 radical (unpaired) electrons. The minimum absolute atomic E-state index is 0.0116. The smallest absolute Gasteiger partial charge is 0.238 e. The maximum absolute atomic E-state index is 10.9. The molecule has 1 atom stereocenters. The van der Waals surface area contributed by atoms with Crippen LogP contribution < -0.4 is 11.1 Å². The predicted octanol–water partition coefficient (Wildman–Crippen LogP) is 0.365. The minimum atomic E-state index is -0.0319. The molecule has 0 aromatic carbocycles.